The summed E-state index contributed by atoms with van der Waals surface area (Å²) >= 11 is 6.05. The summed E-state index contributed by atoms with van der Waals surface area (Å²) in [4.78, 5) is 8.64. The summed E-state index contributed by atoms with van der Waals surface area (Å²) in [5.41, 5.74) is 3.20. The van der Waals surface area contributed by atoms with Gasteiger partial charge in [-0.25, -0.2) is 9.97 Å². The average molecular weight is 291 g/mol. The summed E-state index contributed by atoms with van der Waals surface area (Å²) in [6, 6.07) is 10.2. The molecule has 1 aromatic carbocycles. The SMILES string of the molecule is COCc1nc(Cl)cc(-c2cccc(CC(C)C)c2)n1. The fourth-order valence-corrected chi connectivity index (χ4v) is 2.34. The Bertz CT molecular complexity index is 584. The Labute approximate surface area is 125 Å². The maximum absolute atomic E-state index is 6.05. The van der Waals surface area contributed by atoms with Gasteiger partial charge in [-0.15, -0.1) is 0 Å². The van der Waals surface area contributed by atoms with Crippen molar-refractivity contribution in [2.75, 3.05) is 7.11 Å². The van der Waals surface area contributed by atoms with Crippen LogP contribution in [0.25, 0.3) is 11.3 Å². The van der Waals surface area contributed by atoms with Gasteiger partial charge in [0, 0.05) is 18.7 Å². The monoisotopic (exact) mass is 290 g/mol. The van der Waals surface area contributed by atoms with Crippen LogP contribution >= 0.6 is 11.6 Å². The fraction of sp³-hybridized carbons (Fsp3) is 0.375. The molecule has 1 aromatic heterocycles. The number of nitrogens with zero attached hydrogens (tertiary/aromatic N) is 2. The molecule has 4 heteroatoms. The first-order valence-corrected chi connectivity index (χ1v) is 7.08. The molecule has 2 aromatic rings. The Morgan fingerprint density at radius 2 is 2.00 bits per heavy atom. The molecule has 0 atom stereocenters. The van der Waals surface area contributed by atoms with Crippen LogP contribution in [-0.4, -0.2) is 17.1 Å². The number of hydrogen-bond acceptors (Lipinski definition) is 3. The number of benzene rings is 1. The molecule has 0 N–H and O–H groups in total. The van der Waals surface area contributed by atoms with Crippen LogP contribution in [0, 0.1) is 5.92 Å². The molecule has 20 heavy (non-hydrogen) atoms. The lowest BCUT2D eigenvalue weighted by atomic mass is 10.00. The average Bonchev–Trinajstić information content (AvgIpc) is 2.38. The van der Waals surface area contributed by atoms with E-state index in [0.717, 1.165) is 17.7 Å². The van der Waals surface area contributed by atoms with Gasteiger partial charge >= 0.3 is 0 Å². The van der Waals surface area contributed by atoms with Crippen molar-refractivity contribution in [3.05, 3.63) is 46.9 Å². The first-order chi connectivity index (χ1) is 9.58. The highest BCUT2D eigenvalue weighted by Gasteiger charge is 2.07. The van der Waals surface area contributed by atoms with Crippen LogP contribution in [-0.2, 0) is 17.8 Å². The third-order valence-electron chi connectivity index (χ3n) is 2.88. The van der Waals surface area contributed by atoms with Crippen LogP contribution in [0.1, 0.15) is 25.2 Å². The molecule has 0 aliphatic rings. The number of ether oxygens (including phenoxy) is 1. The van der Waals surface area contributed by atoms with Gasteiger partial charge in [-0.3, -0.25) is 0 Å². The molecule has 0 aliphatic carbocycles. The highest BCUT2D eigenvalue weighted by molar-refractivity contribution is 6.29. The van der Waals surface area contributed by atoms with E-state index >= 15 is 0 Å². The van der Waals surface area contributed by atoms with E-state index in [0.29, 0.717) is 23.5 Å². The van der Waals surface area contributed by atoms with Crippen LogP contribution < -0.4 is 0 Å². The van der Waals surface area contributed by atoms with Crippen molar-refractivity contribution >= 4 is 11.6 Å². The predicted octanol–water partition coefficient (Wildman–Crippen LogP) is 4.14. The minimum absolute atomic E-state index is 0.360. The maximum atomic E-state index is 6.05. The van der Waals surface area contributed by atoms with Gasteiger partial charge in [0.1, 0.15) is 11.8 Å². The van der Waals surface area contributed by atoms with Crippen molar-refractivity contribution in [3.63, 3.8) is 0 Å². The topological polar surface area (TPSA) is 35.0 Å². The molecule has 3 nitrogen and oxygen atoms in total. The molecule has 2 rings (SSSR count). The van der Waals surface area contributed by atoms with Crippen molar-refractivity contribution in [1.29, 1.82) is 0 Å². The number of rotatable bonds is 5. The Balaban J connectivity index is 2.35. The lowest BCUT2D eigenvalue weighted by Crippen LogP contribution is -1.99. The van der Waals surface area contributed by atoms with Crippen LogP contribution in [0.2, 0.25) is 5.15 Å². The summed E-state index contributed by atoms with van der Waals surface area (Å²) in [5, 5.41) is 0.441. The molecule has 0 saturated carbocycles. The Hall–Kier alpha value is -1.45. The van der Waals surface area contributed by atoms with Crippen molar-refractivity contribution < 1.29 is 4.74 Å². The molecule has 1 heterocycles. The quantitative estimate of drug-likeness (QED) is 0.776. The third kappa shape index (κ3) is 4.02. The second kappa shape index (κ2) is 6.82. The van der Waals surface area contributed by atoms with E-state index in [1.807, 2.05) is 6.07 Å². The van der Waals surface area contributed by atoms with Gasteiger partial charge in [-0.1, -0.05) is 43.6 Å². The second-order valence-corrected chi connectivity index (χ2v) is 5.61. The molecule has 0 radical (unpaired) electrons. The summed E-state index contributed by atoms with van der Waals surface area (Å²) in [7, 11) is 1.62. The first-order valence-electron chi connectivity index (χ1n) is 6.70. The largest absolute Gasteiger partial charge is 0.377 e. The third-order valence-corrected chi connectivity index (χ3v) is 3.07. The lowest BCUT2D eigenvalue weighted by molar-refractivity contribution is 0.178. The van der Waals surface area contributed by atoms with Crippen LogP contribution in [0.15, 0.2) is 30.3 Å². The number of methoxy groups -OCH3 is 1. The van der Waals surface area contributed by atoms with E-state index in [1.54, 1.807) is 13.2 Å². The van der Waals surface area contributed by atoms with Gasteiger partial charge in [0.15, 0.2) is 5.82 Å². The van der Waals surface area contributed by atoms with Crippen LogP contribution in [0.4, 0.5) is 0 Å². The smallest absolute Gasteiger partial charge is 0.156 e. The number of aromatic nitrogens is 2. The molecule has 0 fully saturated rings. The Morgan fingerprint density at radius 3 is 2.70 bits per heavy atom. The highest BCUT2D eigenvalue weighted by atomic mass is 35.5. The standard InChI is InChI=1S/C16H19ClN2O/c1-11(2)7-12-5-4-6-13(8-12)14-9-15(17)19-16(18-14)10-20-3/h4-6,8-9,11H,7,10H2,1-3H3. The van der Waals surface area contributed by atoms with Gasteiger partial charge < -0.3 is 4.74 Å². The molecule has 0 spiro atoms. The zero-order valence-electron chi connectivity index (χ0n) is 12.1. The van der Waals surface area contributed by atoms with Crippen LogP contribution in [0.5, 0.6) is 0 Å². The minimum atomic E-state index is 0.360. The summed E-state index contributed by atoms with van der Waals surface area (Å²) < 4.78 is 5.07. The Kier molecular flexibility index (Phi) is 5.10. The maximum Gasteiger partial charge on any atom is 0.156 e. The van der Waals surface area contributed by atoms with Crippen molar-refractivity contribution in [3.8, 4) is 11.3 Å². The van der Waals surface area contributed by atoms with Gasteiger partial charge in [-0.05, 0) is 24.0 Å². The zero-order valence-corrected chi connectivity index (χ0v) is 12.8. The Morgan fingerprint density at radius 1 is 1.20 bits per heavy atom. The van der Waals surface area contributed by atoms with Crippen molar-refractivity contribution in [2.24, 2.45) is 5.92 Å². The summed E-state index contributed by atoms with van der Waals surface area (Å²) in [6.07, 6.45) is 1.05. The van der Waals surface area contributed by atoms with Crippen LogP contribution in [0.3, 0.4) is 0 Å². The van der Waals surface area contributed by atoms with Crippen molar-refractivity contribution in [1.82, 2.24) is 9.97 Å². The van der Waals surface area contributed by atoms with E-state index in [2.05, 4.69) is 42.0 Å². The molecule has 0 aliphatic heterocycles. The number of halogens is 1. The molecule has 0 saturated heterocycles. The molecule has 0 unspecified atom stereocenters. The second-order valence-electron chi connectivity index (χ2n) is 5.22. The van der Waals surface area contributed by atoms with Gasteiger partial charge in [-0.2, -0.15) is 0 Å². The van der Waals surface area contributed by atoms with E-state index in [-0.39, 0.29) is 0 Å². The minimum Gasteiger partial charge on any atom is -0.377 e. The van der Waals surface area contributed by atoms with Gasteiger partial charge in [0.05, 0.1) is 5.69 Å². The highest BCUT2D eigenvalue weighted by Crippen LogP contribution is 2.22. The molecular weight excluding hydrogens is 272 g/mol. The van der Waals surface area contributed by atoms with E-state index in [9.17, 15) is 0 Å². The first kappa shape index (κ1) is 14.9. The van der Waals surface area contributed by atoms with E-state index in [4.69, 9.17) is 16.3 Å². The zero-order chi connectivity index (χ0) is 14.5. The van der Waals surface area contributed by atoms with Gasteiger partial charge in [0.25, 0.3) is 0 Å². The van der Waals surface area contributed by atoms with Gasteiger partial charge in [0.2, 0.25) is 0 Å². The molecule has 0 bridgehead atoms. The molecule has 0 amide bonds. The normalized spacial score (nSPS) is 11.1. The van der Waals surface area contributed by atoms with Crippen molar-refractivity contribution in [2.45, 2.75) is 26.9 Å². The summed E-state index contributed by atoms with van der Waals surface area (Å²) in [6.45, 7) is 4.79. The number of hydrogen-bond donors (Lipinski definition) is 0. The predicted molar refractivity (Wildman–Crippen MR) is 81.7 cm³/mol. The van der Waals surface area contributed by atoms with E-state index in [1.165, 1.54) is 5.56 Å². The molecular formula is C16H19ClN2O. The molecule has 106 valence electrons. The summed E-state index contributed by atoms with van der Waals surface area (Å²) in [5.74, 6) is 1.23. The lowest BCUT2D eigenvalue weighted by Gasteiger charge is -2.08. The van der Waals surface area contributed by atoms with E-state index < -0.39 is 0 Å². The fourth-order valence-electron chi connectivity index (χ4n) is 2.14.